The second-order valence-electron chi connectivity index (χ2n) is 8.16. The van der Waals surface area contributed by atoms with Crippen LogP contribution in [-0.2, 0) is 15.7 Å². The third-order valence-corrected chi connectivity index (χ3v) is 5.81. The first-order valence-electron chi connectivity index (χ1n) is 9.91. The summed E-state index contributed by atoms with van der Waals surface area (Å²) in [6.45, 7) is 7.53. The molecule has 2 aliphatic rings. The van der Waals surface area contributed by atoms with Gasteiger partial charge in [-0.1, -0.05) is 19.9 Å². The Kier molecular flexibility index (Phi) is 5.02. The highest BCUT2D eigenvalue weighted by Gasteiger charge is 2.42. The Morgan fingerprint density at radius 3 is 2.71 bits per heavy atom. The molecule has 4 rings (SSSR count). The van der Waals surface area contributed by atoms with E-state index in [0.717, 1.165) is 43.0 Å². The summed E-state index contributed by atoms with van der Waals surface area (Å²) >= 11 is 0. The molecular formula is C21H28N4O3. The summed E-state index contributed by atoms with van der Waals surface area (Å²) in [6, 6.07) is 7.89. The third-order valence-electron chi connectivity index (χ3n) is 5.81. The van der Waals surface area contributed by atoms with E-state index in [1.807, 2.05) is 35.1 Å². The number of hydrogen-bond acceptors (Lipinski definition) is 5. The molecule has 1 aromatic heterocycles. The van der Waals surface area contributed by atoms with Crippen molar-refractivity contribution in [3.63, 3.8) is 0 Å². The number of piperidine rings is 1. The van der Waals surface area contributed by atoms with Crippen LogP contribution in [0.25, 0.3) is 0 Å². The van der Waals surface area contributed by atoms with E-state index in [1.54, 1.807) is 6.20 Å². The molecule has 7 nitrogen and oxygen atoms in total. The maximum Gasteiger partial charge on any atom is 0.248 e. The van der Waals surface area contributed by atoms with Gasteiger partial charge in [0.1, 0.15) is 18.8 Å². The Hall–Kier alpha value is -2.54. The van der Waals surface area contributed by atoms with Crippen LogP contribution in [0.1, 0.15) is 32.3 Å². The molecule has 150 valence electrons. The maximum absolute atomic E-state index is 13.3. The molecule has 3 heterocycles. The van der Waals surface area contributed by atoms with Crippen molar-refractivity contribution in [1.29, 1.82) is 0 Å². The summed E-state index contributed by atoms with van der Waals surface area (Å²) < 4.78 is 13.1. The Balaban J connectivity index is 1.50. The molecule has 2 N–H and O–H groups in total. The molecule has 2 aliphatic heterocycles. The van der Waals surface area contributed by atoms with Crippen molar-refractivity contribution in [3.05, 3.63) is 42.2 Å². The van der Waals surface area contributed by atoms with Gasteiger partial charge in [-0.15, -0.1) is 0 Å². The Morgan fingerprint density at radius 1 is 1.25 bits per heavy atom. The van der Waals surface area contributed by atoms with Gasteiger partial charge >= 0.3 is 0 Å². The Labute approximate surface area is 165 Å². The van der Waals surface area contributed by atoms with Crippen molar-refractivity contribution in [2.45, 2.75) is 37.6 Å². The Bertz CT molecular complexity index is 826. The molecule has 0 saturated carbocycles. The number of nitrogens with zero attached hydrogens (tertiary/aromatic N) is 2. The molecule has 0 atom stereocenters. The van der Waals surface area contributed by atoms with Crippen LogP contribution >= 0.6 is 0 Å². The number of ether oxygens (including phenoxy) is 2. The van der Waals surface area contributed by atoms with E-state index in [2.05, 4.69) is 29.6 Å². The van der Waals surface area contributed by atoms with E-state index in [0.29, 0.717) is 19.8 Å². The molecule has 7 heteroatoms. The number of amides is 1. The van der Waals surface area contributed by atoms with Crippen LogP contribution < -0.4 is 20.1 Å². The normalized spacial score (nSPS) is 18.5. The van der Waals surface area contributed by atoms with Crippen molar-refractivity contribution < 1.29 is 14.3 Å². The predicted molar refractivity (Wildman–Crippen MR) is 106 cm³/mol. The summed E-state index contributed by atoms with van der Waals surface area (Å²) in [5.74, 6) is 1.58. The van der Waals surface area contributed by atoms with E-state index in [9.17, 15) is 4.79 Å². The van der Waals surface area contributed by atoms with Crippen LogP contribution in [0.5, 0.6) is 11.5 Å². The van der Waals surface area contributed by atoms with Crippen molar-refractivity contribution in [1.82, 2.24) is 20.4 Å². The first kappa shape index (κ1) is 18.8. The number of carbonyl (C=O) groups excluding carboxylic acids is 1. The molecular weight excluding hydrogens is 356 g/mol. The number of hydrogen-bond donors (Lipinski definition) is 2. The monoisotopic (exact) mass is 384 g/mol. The first-order chi connectivity index (χ1) is 13.5. The third kappa shape index (κ3) is 3.46. The van der Waals surface area contributed by atoms with Crippen LogP contribution in [0.3, 0.4) is 0 Å². The highest BCUT2D eigenvalue weighted by Crippen LogP contribution is 2.35. The van der Waals surface area contributed by atoms with Crippen molar-refractivity contribution in [2.24, 2.45) is 0 Å². The van der Waals surface area contributed by atoms with Crippen molar-refractivity contribution in [2.75, 3.05) is 32.8 Å². The zero-order valence-electron chi connectivity index (χ0n) is 16.5. The van der Waals surface area contributed by atoms with Crippen LogP contribution in [0.15, 0.2) is 36.7 Å². The summed E-state index contributed by atoms with van der Waals surface area (Å²) in [5.41, 5.74) is 0.233. The number of aromatic nitrogens is 2. The molecule has 0 bridgehead atoms. The molecule has 1 amide bonds. The van der Waals surface area contributed by atoms with Gasteiger partial charge in [0.05, 0.1) is 0 Å². The second-order valence-corrected chi connectivity index (χ2v) is 8.16. The summed E-state index contributed by atoms with van der Waals surface area (Å²) in [7, 11) is 0. The Morgan fingerprint density at radius 2 is 2.00 bits per heavy atom. The zero-order valence-corrected chi connectivity index (χ0v) is 16.5. The van der Waals surface area contributed by atoms with E-state index in [4.69, 9.17) is 9.47 Å². The molecule has 1 fully saturated rings. The number of carbonyl (C=O) groups is 1. The molecule has 28 heavy (non-hydrogen) atoms. The average molecular weight is 384 g/mol. The number of rotatable bonds is 5. The van der Waals surface area contributed by atoms with Gasteiger partial charge in [0.15, 0.2) is 11.5 Å². The fourth-order valence-corrected chi connectivity index (χ4v) is 3.95. The average Bonchev–Trinajstić information content (AvgIpc) is 3.27. The lowest BCUT2D eigenvalue weighted by molar-refractivity contribution is -0.132. The SMILES string of the molecule is CC(C)(CNC(=O)C1(n2cccn2)CCNCC1)c1ccc2c(c1)OCCO2. The van der Waals surface area contributed by atoms with Crippen LogP contribution in [0.4, 0.5) is 0 Å². The van der Waals surface area contributed by atoms with E-state index < -0.39 is 5.54 Å². The van der Waals surface area contributed by atoms with Crippen LogP contribution in [0.2, 0.25) is 0 Å². The minimum atomic E-state index is -0.627. The smallest absolute Gasteiger partial charge is 0.248 e. The summed E-state index contributed by atoms with van der Waals surface area (Å²) in [4.78, 5) is 13.3. The number of nitrogens with one attached hydrogen (secondary N) is 2. The van der Waals surface area contributed by atoms with Gasteiger partial charge in [-0.05, 0) is 49.7 Å². The van der Waals surface area contributed by atoms with Gasteiger partial charge < -0.3 is 20.1 Å². The maximum atomic E-state index is 13.3. The van der Waals surface area contributed by atoms with Gasteiger partial charge in [0, 0.05) is 24.4 Å². The largest absolute Gasteiger partial charge is 0.486 e. The van der Waals surface area contributed by atoms with E-state index >= 15 is 0 Å². The fourth-order valence-electron chi connectivity index (χ4n) is 3.95. The van der Waals surface area contributed by atoms with Gasteiger partial charge in [0.25, 0.3) is 0 Å². The fraction of sp³-hybridized carbons (Fsp3) is 0.524. The van der Waals surface area contributed by atoms with Crippen molar-refractivity contribution in [3.8, 4) is 11.5 Å². The topological polar surface area (TPSA) is 77.4 Å². The zero-order chi connectivity index (χ0) is 19.6. The molecule has 0 unspecified atom stereocenters. The minimum Gasteiger partial charge on any atom is -0.486 e. The lowest BCUT2D eigenvalue weighted by Gasteiger charge is -2.37. The lowest BCUT2D eigenvalue weighted by Crippen LogP contribution is -2.56. The van der Waals surface area contributed by atoms with Crippen molar-refractivity contribution >= 4 is 5.91 Å². The minimum absolute atomic E-state index is 0.0309. The molecule has 1 aromatic carbocycles. The van der Waals surface area contributed by atoms with Gasteiger partial charge in [0.2, 0.25) is 5.91 Å². The van der Waals surface area contributed by atoms with Gasteiger partial charge in [-0.2, -0.15) is 5.10 Å². The molecule has 0 radical (unpaired) electrons. The molecule has 1 saturated heterocycles. The number of benzene rings is 1. The molecule has 2 aromatic rings. The van der Waals surface area contributed by atoms with E-state index in [1.165, 1.54) is 0 Å². The van der Waals surface area contributed by atoms with Crippen LogP contribution in [0, 0.1) is 0 Å². The standard InChI is InChI=1S/C21H28N4O3/c1-20(2,16-4-5-17-18(14-16)28-13-12-27-17)15-23-19(26)21(6-9-22-10-7-21)25-11-3-8-24-25/h3-5,8,11,14,22H,6-7,9-10,12-13,15H2,1-2H3,(H,23,26). The highest BCUT2D eigenvalue weighted by atomic mass is 16.6. The predicted octanol–water partition coefficient (Wildman–Crippen LogP) is 1.83. The lowest BCUT2D eigenvalue weighted by atomic mass is 9.83. The van der Waals surface area contributed by atoms with Gasteiger partial charge in [-0.25, -0.2) is 0 Å². The summed E-state index contributed by atoms with van der Waals surface area (Å²) in [6.07, 6.45) is 5.07. The highest BCUT2D eigenvalue weighted by molar-refractivity contribution is 5.84. The van der Waals surface area contributed by atoms with Gasteiger partial charge in [-0.3, -0.25) is 9.48 Å². The van der Waals surface area contributed by atoms with E-state index in [-0.39, 0.29) is 11.3 Å². The van der Waals surface area contributed by atoms with Crippen LogP contribution in [-0.4, -0.2) is 48.5 Å². The number of fused-ring (bicyclic) bond motifs is 1. The molecule has 0 spiro atoms. The summed E-state index contributed by atoms with van der Waals surface area (Å²) in [5, 5.41) is 10.9. The molecule has 0 aliphatic carbocycles. The first-order valence-corrected chi connectivity index (χ1v) is 9.91. The second kappa shape index (κ2) is 7.47. The quantitative estimate of drug-likeness (QED) is 0.822.